The van der Waals surface area contributed by atoms with Gasteiger partial charge in [-0.1, -0.05) is 6.07 Å². The van der Waals surface area contributed by atoms with E-state index in [-0.39, 0.29) is 23.1 Å². The molecule has 132 valence electrons. The summed E-state index contributed by atoms with van der Waals surface area (Å²) in [5.74, 6) is 0.703. The van der Waals surface area contributed by atoms with Gasteiger partial charge in [0.1, 0.15) is 11.4 Å². The molecule has 0 unspecified atom stereocenters. The van der Waals surface area contributed by atoms with Crippen LogP contribution in [0.1, 0.15) is 34.5 Å². The Kier molecular flexibility index (Phi) is 4.88. The van der Waals surface area contributed by atoms with Crippen LogP contribution in [0.2, 0.25) is 0 Å². The number of H-pyrrole nitrogens is 1. The normalized spacial score (nSPS) is 17.4. The molecule has 1 amide bonds. The standard InChI is InChI=1S/C19H24N4O2/c1-13-11-16(18(24)21-14(13)2)19(25)22(3)15-7-6-10-23(12-15)17-8-4-5-9-20-17/h4-5,8-9,11,15H,6-7,10,12H2,1-3H3,(H,21,24)/t15-/m1/s1. The Morgan fingerprint density at radius 3 is 2.88 bits per heavy atom. The van der Waals surface area contributed by atoms with Crippen LogP contribution in [-0.4, -0.2) is 47.0 Å². The zero-order valence-electron chi connectivity index (χ0n) is 15.0. The second-order valence-corrected chi connectivity index (χ2v) is 6.67. The van der Waals surface area contributed by atoms with Crippen molar-refractivity contribution in [2.75, 3.05) is 25.0 Å². The van der Waals surface area contributed by atoms with Crippen molar-refractivity contribution >= 4 is 11.7 Å². The number of carbonyl (C=O) groups is 1. The monoisotopic (exact) mass is 340 g/mol. The molecule has 3 heterocycles. The van der Waals surface area contributed by atoms with Crippen molar-refractivity contribution < 1.29 is 4.79 Å². The van der Waals surface area contributed by atoms with E-state index in [2.05, 4.69) is 14.9 Å². The first-order valence-electron chi connectivity index (χ1n) is 8.61. The molecule has 1 saturated heterocycles. The summed E-state index contributed by atoms with van der Waals surface area (Å²) < 4.78 is 0. The number of hydrogen-bond donors (Lipinski definition) is 1. The van der Waals surface area contributed by atoms with E-state index in [1.54, 1.807) is 24.2 Å². The number of rotatable bonds is 3. The lowest BCUT2D eigenvalue weighted by Gasteiger charge is -2.38. The van der Waals surface area contributed by atoms with Crippen molar-refractivity contribution in [3.63, 3.8) is 0 Å². The van der Waals surface area contributed by atoms with Crippen LogP contribution < -0.4 is 10.5 Å². The van der Waals surface area contributed by atoms with Crippen LogP contribution in [0.25, 0.3) is 0 Å². The van der Waals surface area contributed by atoms with Gasteiger partial charge in [-0.15, -0.1) is 0 Å². The van der Waals surface area contributed by atoms with E-state index in [0.717, 1.165) is 43.0 Å². The van der Waals surface area contributed by atoms with Crippen LogP contribution >= 0.6 is 0 Å². The number of aryl methyl sites for hydroxylation is 2. The molecule has 3 rings (SSSR count). The SMILES string of the molecule is Cc1cc(C(=O)N(C)[C@@H]2CCCN(c3ccccn3)C2)c(=O)[nH]c1C. The van der Waals surface area contributed by atoms with Gasteiger partial charge in [0, 0.05) is 38.1 Å². The van der Waals surface area contributed by atoms with Crippen molar-refractivity contribution in [3.05, 3.63) is 57.6 Å². The van der Waals surface area contributed by atoms with Gasteiger partial charge >= 0.3 is 0 Å². The zero-order chi connectivity index (χ0) is 18.0. The fraction of sp³-hybridized carbons (Fsp3) is 0.421. The Balaban J connectivity index is 1.78. The topological polar surface area (TPSA) is 69.3 Å². The first kappa shape index (κ1) is 17.2. The molecule has 0 aliphatic carbocycles. The maximum atomic E-state index is 12.8. The minimum atomic E-state index is -0.322. The number of hydrogen-bond acceptors (Lipinski definition) is 4. The third-order valence-corrected chi connectivity index (χ3v) is 4.97. The zero-order valence-corrected chi connectivity index (χ0v) is 15.0. The summed E-state index contributed by atoms with van der Waals surface area (Å²) in [6.07, 6.45) is 3.69. The van der Waals surface area contributed by atoms with Gasteiger partial charge in [-0.05, 0) is 50.5 Å². The predicted molar refractivity (Wildman–Crippen MR) is 98.1 cm³/mol. The van der Waals surface area contributed by atoms with Crippen LogP contribution in [-0.2, 0) is 0 Å². The number of nitrogens with zero attached hydrogens (tertiary/aromatic N) is 3. The third-order valence-electron chi connectivity index (χ3n) is 4.97. The van der Waals surface area contributed by atoms with Gasteiger partial charge < -0.3 is 14.8 Å². The van der Waals surface area contributed by atoms with Crippen molar-refractivity contribution in [1.29, 1.82) is 0 Å². The minimum absolute atomic E-state index is 0.0595. The maximum Gasteiger partial charge on any atom is 0.261 e. The quantitative estimate of drug-likeness (QED) is 0.929. The van der Waals surface area contributed by atoms with Gasteiger partial charge in [0.05, 0.1) is 0 Å². The lowest BCUT2D eigenvalue weighted by molar-refractivity contribution is 0.0715. The average molecular weight is 340 g/mol. The molecular formula is C19H24N4O2. The fourth-order valence-electron chi connectivity index (χ4n) is 3.26. The molecule has 0 bridgehead atoms. The van der Waals surface area contributed by atoms with Gasteiger partial charge in [-0.2, -0.15) is 0 Å². The molecule has 0 aromatic carbocycles. The number of piperidine rings is 1. The van der Waals surface area contributed by atoms with Crippen molar-refractivity contribution in [2.24, 2.45) is 0 Å². The third kappa shape index (κ3) is 3.57. The van der Waals surface area contributed by atoms with E-state index in [4.69, 9.17) is 0 Å². The Bertz CT molecular complexity index is 816. The van der Waals surface area contributed by atoms with Gasteiger partial charge in [0.2, 0.25) is 0 Å². The molecule has 0 saturated carbocycles. The number of anilines is 1. The smallest absolute Gasteiger partial charge is 0.261 e. The van der Waals surface area contributed by atoms with Crippen LogP contribution in [0.15, 0.2) is 35.3 Å². The molecule has 6 heteroatoms. The fourth-order valence-corrected chi connectivity index (χ4v) is 3.26. The van der Waals surface area contributed by atoms with Crippen LogP contribution in [0, 0.1) is 13.8 Å². The number of nitrogens with one attached hydrogen (secondary N) is 1. The minimum Gasteiger partial charge on any atom is -0.355 e. The van der Waals surface area contributed by atoms with Crippen LogP contribution in [0.5, 0.6) is 0 Å². The highest BCUT2D eigenvalue weighted by atomic mass is 16.2. The molecular weight excluding hydrogens is 316 g/mol. The Morgan fingerprint density at radius 1 is 1.36 bits per heavy atom. The van der Waals surface area contributed by atoms with E-state index in [0.29, 0.717) is 0 Å². The molecule has 1 aliphatic heterocycles. The van der Waals surface area contributed by atoms with Crippen molar-refractivity contribution in [3.8, 4) is 0 Å². The Hall–Kier alpha value is -2.63. The van der Waals surface area contributed by atoms with Crippen molar-refractivity contribution in [2.45, 2.75) is 32.7 Å². The van der Waals surface area contributed by atoms with E-state index < -0.39 is 0 Å². The summed E-state index contributed by atoms with van der Waals surface area (Å²) in [6, 6.07) is 7.59. The Labute approximate surface area is 147 Å². The largest absolute Gasteiger partial charge is 0.355 e. The number of amides is 1. The molecule has 6 nitrogen and oxygen atoms in total. The van der Waals surface area contributed by atoms with Crippen molar-refractivity contribution in [1.82, 2.24) is 14.9 Å². The second kappa shape index (κ2) is 7.09. The van der Waals surface area contributed by atoms with Gasteiger partial charge in [0.15, 0.2) is 0 Å². The lowest BCUT2D eigenvalue weighted by atomic mass is 10.0. The number of carbonyl (C=O) groups excluding carboxylic acids is 1. The summed E-state index contributed by atoms with van der Waals surface area (Å²) in [5.41, 5.74) is 1.59. The Morgan fingerprint density at radius 2 is 2.16 bits per heavy atom. The number of aromatic nitrogens is 2. The highest BCUT2D eigenvalue weighted by Gasteiger charge is 2.28. The van der Waals surface area contributed by atoms with E-state index >= 15 is 0 Å². The van der Waals surface area contributed by atoms with E-state index in [1.165, 1.54) is 0 Å². The second-order valence-electron chi connectivity index (χ2n) is 6.67. The molecule has 1 fully saturated rings. The molecule has 25 heavy (non-hydrogen) atoms. The number of pyridine rings is 2. The summed E-state index contributed by atoms with van der Waals surface area (Å²) in [7, 11) is 1.78. The molecule has 2 aromatic heterocycles. The molecule has 1 atom stereocenters. The van der Waals surface area contributed by atoms with Gasteiger partial charge in [-0.25, -0.2) is 4.98 Å². The number of aromatic amines is 1. The summed E-state index contributed by atoms with van der Waals surface area (Å²) >= 11 is 0. The highest BCUT2D eigenvalue weighted by molar-refractivity contribution is 5.94. The summed E-state index contributed by atoms with van der Waals surface area (Å²) in [4.78, 5) is 36.1. The van der Waals surface area contributed by atoms with E-state index in [1.807, 2.05) is 32.0 Å². The van der Waals surface area contributed by atoms with Crippen LogP contribution in [0.3, 0.4) is 0 Å². The first-order chi connectivity index (χ1) is 12.0. The van der Waals surface area contributed by atoms with Gasteiger partial charge in [-0.3, -0.25) is 9.59 Å². The lowest BCUT2D eigenvalue weighted by Crippen LogP contribution is -2.49. The van der Waals surface area contributed by atoms with Gasteiger partial charge in [0.25, 0.3) is 11.5 Å². The maximum absolute atomic E-state index is 12.8. The molecule has 1 N–H and O–H groups in total. The molecule has 0 spiro atoms. The highest BCUT2D eigenvalue weighted by Crippen LogP contribution is 2.21. The molecule has 0 radical (unpaired) electrons. The summed E-state index contributed by atoms with van der Waals surface area (Å²) in [5, 5.41) is 0. The summed E-state index contributed by atoms with van der Waals surface area (Å²) in [6.45, 7) is 5.38. The van der Waals surface area contributed by atoms with E-state index in [9.17, 15) is 9.59 Å². The number of likely N-dealkylation sites (N-methyl/N-ethyl adjacent to an activating group) is 1. The molecule has 1 aliphatic rings. The predicted octanol–water partition coefficient (Wildman–Crippen LogP) is 2.13. The first-order valence-corrected chi connectivity index (χ1v) is 8.61. The van der Waals surface area contributed by atoms with Crippen LogP contribution in [0.4, 0.5) is 5.82 Å². The average Bonchev–Trinajstić information content (AvgIpc) is 2.64. The molecule has 2 aromatic rings.